The lowest BCUT2D eigenvalue weighted by Crippen LogP contribution is -2.37. The van der Waals surface area contributed by atoms with Gasteiger partial charge in [0.05, 0.1) is 18.9 Å². The average Bonchev–Trinajstić information content (AvgIpc) is 3.01. The van der Waals surface area contributed by atoms with E-state index in [1.165, 1.54) is 7.11 Å². The molecule has 2 heterocycles. The van der Waals surface area contributed by atoms with Crippen molar-refractivity contribution < 1.29 is 18.7 Å². The first kappa shape index (κ1) is 14.9. The van der Waals surface area contributed by atoms with Gasteiger partial charge in [-0.25, -0.2) is 4.79 Å². The number of hydrogen-bond acceptors (Lipinski definition) is 5. The number of esters is 1. The lowest BCUT2D eigenvalue weighted by atomic mass is 9.99. The summed E-state index contributed by atoms with van der Waals surface area (Å²) in [5, 5.41) is 0.800. The summed E-state index contributed by atoms with van der Waals surface area (Å²) in [4.78, 5) is 14.4. The molecule has 118 valence electrons. The first-order valence-electron chi connectivity index (χ1n) is 7.53. The van der Waals surface area contributed by atoms with E-state index in [0.29, 0.717) is 17.2 Å². The number of ether oxygens (including phenoxy) is 2. The van der Waals surface area contributed by atoms with Crippen molar-refractivity contribution in [3.8, 4) is 0 Å². The number of methoxy groups -OCH3 is 1. The molecule has 1 aromatic carbocycles. The highest BCUT2D eigenvalue weighted by Crippen LogP contribution is 2.34. The van der Waals surface area contributed by atoms with Gasteiger partial charge in [-0.05, 0) is 31.4 Å². The predicted molar refractivity (Wildman–Crippen MR) is 84.5 cm³/mol. The Labute approximate surface area is 129 Å². The van der Waals surface area contributed by atoms with Gasteiger partial charge in [-0.3, -0.25) is 0 Å². The van der Waals surface area contributed by atoms with Crippen LogP contribution in [0.25, 0.3) is 11.0 Å². The minimum atomic E-state index is -0.328. The largest absolute Gasteiger partial charge is 0.465 e. The molecule has 0 atom stereocenters. The van der Waals surface area contributed by atoms with Crippen molar-refractivity contribution in [3.05, 3.63) is 29.5 Å². The maximum atomic E-state index is 12.2. The van der Waals surface area contributed by atoms with Gasteiger partial charge in [-0.15, -0.1) is 0 Å². The molecule has 0 amide bonds. The molecule has 1 aliphatic rings. The van der Waals surface area contributed by atoms with Crippen LogP contribution in [0.5, 0.6) is 0 Å². The third-order valence-corrected chi connectivity index (χ3v) is 4.50. The minimum Gasteiger partial charge on any atom is -0.465 e. The second kappa shape index (κ2) is 6.01. The first-order valence-corrected chi connectivity index (χ1v) is 7.53. The summed E-state index contributed by atoms with van der Waals surface area (Å²) in [6, 6.07) is 4.23. The molecule has 0 N–H and O–H groups in total. The van der Waals surface area contributed by atoms with Crippen molar-refractivity contribution >= 4 is 22.6 Å². The molecule has 0 spiro atoms. The maximum absolute atomic E-state index is 12.2. The third-order valence-electron chi connectivity index (χ3n) is 4.50. The molecular formula is C17H21NO4. The Morgan fingerprint density at radius 2 is 2.09 bits per heavy atom. The molecule has 0 bridgehead atoms. The smallest absolute Gasteiger partial charge is 0.338 e. The van der Waals surface area contributed by atoms with Crippen LogP contribution in [0.4, 0.5) is 5.69 Å². The Balaban J connectivity index is 2.09. The van der Waals surface area contributed by atoms with E-state index in [1.807, 2.05) is 19.1 Å². The Bertz CT molecular complexity index is 685. The Hall–Kier alpha value is -2.01. The van der Waals surface area contributed by atoms with Crippen LogP contribution in [0.1, 0.15) is 28.8 Å². The molecule has 22 heavy (non-hydrogen) atoms. The number of furan rings is 1. The maximum Gasteiger partial charge on any atom is 0.338 e. The van der Waals surface area contributed by atoms with E-state index in [0.717, 1.165) is 42.7 Å². The minimum absolute atomic E-state index is 0.328. The highest BCUT2D eigenvalue weighted by Gasteiger charge is 2.24. The van der Waals surface area contributed by atoms with E-state index in [2.05, 4.69) is 11.9 Å². The lowest BCUT2D eigenvalue weighted by Gasteiger charge is -2.34. The van der Waals surface area contributed by atoms with E-state index in [9.17, 15) is 4.79 Å². The average molecular weight is 303 g/mol. The van der Waals surface area contributed by atoms with Gasteiger partial charge in [0.15, 0.2) is 0 Å². The zero-order valence-corrected chi connectivity index (χ0v) is 13.2. The summed E-state index contributed by atoms with van der Waals surface area (Å²) >= 11 is 0. The highest BCUT2D eigenvalue weighted by atomic mass is 16.5. The number of nitrogens with zero attached hydrogens (tertiary/aromatic N) is 1. The Kier molecular flexibility index (Phi) is 4.07. The monoisotopic (exact) mass is 303 g/mol. The van der Waals surface area contributed by atoms with Crippen molar-refractivity contribution in [2.45, 2.75) is 25.8 Å². The van der Waals surface area contributed by atoms with E-state index in [1.54, 1.807) is 6.26 Å². The van der Waals surface area contributed by atoms with Crippen LogP contribution in [0.3, 0.4) is 0 Å². The van der Waals surface area contributed by atoms with E-state index < -0.39 is 0 Å². The van der Waals surface area contributed by atoms with Crippen LogP contribution in [0.2, 0.25) is 0 Å². The SMILES string of the molecule is COC(=O)c1c(C)c(N(C)C2CCOCC2)cc2occc12. The standard InChI is InChI=1S/C17H21NO4/c1-11-14(18(2)12-4-7-21-8-5-12)10-15-13(6-9-22-15)16(11)17(19)20-3/h6,9-10,12H,4-5,7-8H2,1-3H3. The van der Waals surface area contributed by atoms with Crippen LogP contribution in [-0.4, -0.2) is 39.4 Å². The van der Waals surface area contributed by atoms with Crippen molar-refractivity contribution in [2.24, 2.45) is 0 Å². The highest BCUT2D eigenvalue weighted by molar-refractivity contribution is 6.06. The zero-order valence-electron chi connectivity index (χ0n) is 13.2. The van der Waals surface area contributed by atoms with Gasteiger partial charge in [0.25, 0.3) is 0 Å². The molecular weight excluding hydrogens is 282 g/mol. The molecule has 1 aromatic heterocycles. The normalized spacial score (nSPS) is 16.0. The van der Waals surface area contributed by atoms with Crippen LogP contribution >= 0.6 is 0 Å². The van der Waals surface area contributed by atoms with E-state index in [4.69, 9.17) is 13.9 Å². The number of fused-ring (bicyclic) bond motifs is 1. The molecule has 0 unspecified atom stereocenters. The Morgan fingerprint density at radius 1 is 1.36 bits per heavy atom. The van der Waals surface area contributed by atoms with Gasteiger partial charge in [0.2, 0.25) is 0 Å². The number of carbonyl (C=O) groups is 1. The molecule has 1 aliphatic heterocycles. The lowest BCUT2D eigenvalue weighted by molar-refractivity contribution is 0.0602. The summed E-state index contributed by atoms with van der Waals surface area (Å²) in [6.45, 7) is 3.52. The fraction of sp³-hybridized carbons (Fsp3) is 0.471. The molecule has 0 saturated carbocycles. The summed E-state index contributed by atoms with van der Waals surface area (Å²) in [6.07, 6.45) is 3.58. The molecule has 5 nitrogen and oxygen atoms in total. The van der Waals surface area contributed by atoms with Gasteiger partial charge in [-0.1, -0.05) is 0 Å². The third kappa shape index (κ3) is 2.46. The topological polar surface area (TPSA) is 51.9 Å². The molecule has 0 aliphatic carbocycles. The number of carbonyl (C=O) groups excluding carboxylic acids is 1. The van der Waals surface area contributed by atoms with Gasteiger partial charge in [0.1, 0.15) is 5.58 Å². The van der Waals surface area contributed by atoms with Gasteiger partial charge < -0.3 is 18.8 Å². The predicted octanol–water partition coefficient (Wildman–Crippen LogP) is 3.14. The van der Waals surface area contributed by atoms with E-state index >= 15 is 0 Å². The van der Waals surface area contributed by atoms with Crippen LogP contribution in [-0.2, 0) is 9.47 Å². The molecule has 2 aromatic rings. The van der Waals surface area contributed by atoms with Gasteiger partial charge >= 0.3 is 5.97 Å². The number of rotatable bonds is 3. The van der Waals surface area contributed by atoms with Crippen LogP contribution in [0.15, 0.2) is 22.8 Å². The summed E-state index contributed by atoms with van der Waals surface area (Å²) < 4.78 is 15.9. The first-order chi connectivity index (χ1) is 10.6. The van der Waals surface area contributed by atoms with Crippen molar-refractivity contribution in [3.63, 3.8) is 0 Å². The van der Waals surface area contributed by atoms with Gasteiger partial charge in [-0.2, -0.15) is 0 Å². The molecule has 3 rings (SSSR count). The number of anilines is 1. The van der Waals surface area contributed by atoms with Gasteiger partial charge in [0, 0.05) is 43.4 Å². The summed E-state index contributed by atoms with van der Waals surface area (Å²) in [5.74, 6) is -0.328. The molecule has 1 fully saturated rings. The van der Waals surface area contributed by atoms with Crippen molar-refractivity contribution in [1.82, 2.24) is 0 Å². The molecule has 1 saturated heterocycles. The fourth-order valence-corrected chi connectivity index (χ4v) is 3.20. The fourth-order valence-electron chi connectivity index (χ4n) is 3.20. The van der Waals surface area contributed by atoms with E-state index in [-0.39, 0.29) is 5.97 Å². The summed E-state index contributed by atoms with van der Waals surface area (Å²) in [7, 11) is 3.47. The Morgan fingerprint density at radius 3 is 2.77 bits per heavy atom. The number of hydrogen-bond donors (Lipinski definition) is 0. The molecule has 5 heteroatoms. The van der Waals surface area contributed by atoms with Crippen LogP contribution in [0, 0.1) is 6.92 Å². The quantitative estimate of drug-likeness (QED) is 0.815. The summed E-state index contributed by atoms with van der Waals surface area (Å²) in [5.41, 5.74) is 3.23. The van der Waals surface area contributed by atoms with Crippen molar-refractivity contribution in [1.29, 1.82) is 0 Å². The second-order valence-electron chi connectivity index (χ2n) is 5.67. The molecule has 0 radical (unpaired) electrons. The van der Waals surface area contributed by atoms with Crippen LogP contribution < -0.4 is 4.90 Å². The number of benzene rings is 1. The zero-order chi connectivity index (χ0) is 15.7. The second-order valence-corrected chi connectivity index (χ2v) is 5.67. The van der Waals surface area contributed by atoms with Crippen molar-refractivity contribution in [2.75, 3.05) is 32.3 Å².